The number of nitrogen functional groups attached to an aromatic ring is 1. The summed E-state index contributed by atoms with van der Waals surface area (Å²) in [7, 11) is 0. The Morgan fingerprint density at radius 1 is 1.23 bits per heavy atom. The lowest BCUT2D eigenvalue weighted by molar-refractivity contribution is -0.117. The van der Waals surface area contributed by atoms with E-state index in [-0.39, 0.29) is 11.8 Å². The van der Waals surface area contributed by atoms with Crippen LogP contribution < -0.4 is 11.1 Å². The van der Waals surface area contributed by atoms with Gasteiger partial charge in [0.15, 0.2) is 5.65 Å². The zero-order chi connectivity index (χ0) is 15.1. The minimum Gasteiger partial charge on any atom is -0.399 e. The molecule has 6 heteroatoms. The monoisotopic (exact) mass is 293 g/mol. The van der Waals surface area contributed by atoms with Gasteiger partial charge in [0.1, 0.15) is 0 Å². The summed E-state index contributed by atoms with van der Waals surface area (Å²) < 4.78 is 1.67. The van der Waals surface area contributed by atoms with E-state index in [4.69, 9.17) is 5.73 Å². The largest absolute Gasteiger partial charge is 0.399 e. The maximum Gasteiger partial charge on any atom is 0.249 e. The number of nitrogens with two attached hydrogens (primary N) is 1. The fraction of sp³-hybridized carbons (Fsp3) is 0.188. The van der Waals surface area contributed by atoms with Crippen LogP contribution in [-0.4, -0.2) is 20.5 Å². The summed E-state index contributed by atoms with van der Waals surface area (Å²) in [6.07, 6.45) is 3.72. The summed E-state index contributed by atoms with van der Waals surface area (Å²) in [6, 6.07) is 11.5. The molecule has 2 heterocycles. The number of aromatic nitrogens is 3. The summed E-state index contributed by atoms with van der Waals surface area (Å²) >= 11 is 0. The number of nitrogens with one attached hydrogen (secondary N) is 1. The Bertz CT molecular complexity index is 849. The average molecular weight is 293 g/mol. The zero-order valence-electron chi connectivity index (χ0n) is 11.9. The molecule has 22 heavy (non-hydrogen) atoms. The third kappa shape index (κ3) is 2.28. The summed E-state index contributed by atoms with van der Waals surface area (Å²) in [4.78, 5) is 16.3. The van der Waals surface area contributed by atoms with E-state index in [1.165, 1.54) is 0 Å². The van der Waals surface area contributed by atoms with Gasteiger partial charge in [0.05, 0.1) is 0 Å². The lowest BCUT2D eigenvalue weighted by atomic mass is 10.1. The van der Waals surface area contributed by atoms with Crippen molar-refractivity contribution in [3.63, 3.8) is 0 Å². The summed E-state index contributed by atoms with van der Waals surface area (Å²) in [5, 5.41) is 7.09. The number of carbonyl (C=O) groups is 1. The molecule has 0 atom stereocenters. The van der Waals surface area contributed by atoms with Crippen LogP contribution in [0.2, 0.25) is 0 Å². The van der Waals surface area contributed by atoms with Crippen molar-refractivity contribution < 1.29 is 4.79 Å². The molecule has 1 amide bonds. The molecule has 6 nitrogen and oxygen atoms in total. The Morgan fingerprint density at radius 3 is 2.73 bits per heavy atom. The van der Waals surface area contributed by atoms with Crippen molar-refractivity contribution in [1.29, 1.82) is 0 Å². The molecular formula is C16H15N5O. The smallest absolute Gasteiger partial charge is 0.249 e. The second kappa shape index (κ2) is 4.84. The first kappa shape index (κ1) is 12.8. The molecule has 0 radical (unpaired) electrons. The van der Waals surface area contributed by atoms with Gasteiger partial charge in [0, 0.05) is 23.4 Å². The van der Waals surface area contributed by atoms with Gasteiger partial charge in [-0.3, -0.25) is 10.1 Å². The lowest BCUT2D eigenvalue weighted by Gasteiger charge is -2.03. The molecule has 3 aromatic rings. The lowest BCUT2D eigenvalue weighted by Crippen LogP contribution is -2.14. The van der Waals surface area contributed by atoms with Gasteiger partial charge in [0.2, 0.25) is 11.9 Å². The number of benzene rings is 1. The predicted molar refractivity (Wildman–Crippen MR) is 84.2 cm³/mol. The molecular weight excluding hydrogens is 278 g/mol. The molecule has 4 rings (SSSR count). The van der Waals surface area contributed by atoms with Crippen LogP contribution in [0.15, 0.2) is 42.6 Å². The summed E-state index contributed by atoms with van der Waals surface area (Å²) in [6.45, 7) is 0. The third-order valence-electron chi connectivity index (χ3n) is 3.77. The van der Waals surface area contributed by atoms with E-state index in [1.807, 2.05) is 42.6 Å². The number of fused-ring (bicyclic) bond motifs is 1. The topological polar surface area (TPSA) is 85.3 Å². The molecule has 110 valence electrons. The first-order valence-corrected chi connectivity index (χ1v) is 7.23. The minimum absolute atomic E-state index is 0.00457. The first-order valence-electron chi connectivity index (χ1n) is 7.23. The van der Waals surface area contributed by atoms with Gasteiger partial charge in [-0.15, -0.1) is 5.10 Å². The Kier molecular flexibility index (Phi) is 2.82. The molecule has 1 aliphatic carbocycles. The van der Waals surface area contributed by atoms with Crippen molar-refractivity contribution in [2.45, 2.75) is 12.8 Å². The number of hydrogen-bond acceptors (Lipinski definition) is 4. The van der Waals surface area contributed by atoms with Crippen LogP contribution in [0.4, 0.5) is 11.6 Å². The van der Waals surface area contributed by atoms with Gasteiger partial charge < -0.3 is 5.73 Å². The van der Waals surface area contributed by atoms with E-state index in [1.54, 1.807) is 4.52 Å². The quantitative estimate of drug-likeness (QED) is 0.726. The van der Waals surface area contributed by atoms with E-state index in [0.29, 0.717) is 11.6 Å². The first-order chi connectivity index (χ1) is 10.7. The fourth-order valence-corrected chi connectivity index (χ4v) is 2.40. The molecule has 0 bridgehead atoms. The Balaban J connectivity index is 1.74. The molecule has 0 unspecified atom stereocenters. The molecule has 1 aliphatic rings. The van der Waals surface area contributed by atoms with Crippen molar-refractivity contribution in [2.24, 2.45) is 5.92 Å². The van der Waals surface area contributed by atoms with E-state index in [0.717, 1.165) is 29.7 Å². The standard InChI is InChI=1S/C16H15N5O/c17-12-7-5-10(6-8-12)13-2-1-9-21-14(13)18-16(20-21)19-15(22)11-3-4-11/h1-2,5-9,11H,3-4,17H2,(H,19,20,22). The minimum atomic E-state index is 0.00457. The van der Waals surface area contributed by atoms with Gasteiger partial charge >= 0.3 is 0 Å². The highest BCUT2D eigenvalue weighted by atomic mass is 16.2. The Labute approximate surface area is 127 Å². The Morgan fingerprint density at radius 2 is 2.00 bits per heavy atom. The Hall–Kier alpha value is -2.89. The van der Waals surface area contributed by atoms with Gasteiger partial charge in [-0.2, -0.15) is 4.98 Å². The number of carbonyl (C=O) groups excluding carboxylic acids is 1. The van der Waals surface area contributed by atoms with Crippen LogP contribution in [0.5, 0.6) is 0 Å². The molecule has 1 saturated carbocycles. The van der Waals surface area contributed by atoms with Gasteiger partial charge in [-0.25, -0.2) is 4.52 Å². The highest BCUT2D eigenvalue weighted by molar-refractivity contribution is 5.93. The number of nitrogens with zero attached hydrogens (tertiary/aromatic N) is 3. The normalized spacial score (nSPS) is 14.2. The second-order valence-corrected chi connectivity index (χ2v) is 5.51. The van der Waals surface area contributed by atoms with Gasteiger partial charge in [-0.1, -0.05) is 12.1 Å². The molecule has 0 aliphatic heterocycles. The number of anilines is 2. The fourth-order valence-electron chi connectivity index (χ4n) is 2.40. The molecule has 3 N–H and O–H groups in total. The van der Waals surface area contributed by atoms with E-state index < -0.39 is 0 Å². The van der Waals surface area contributed by atoms with Crippen LogP contribution in [-0.2, 0) is 4.79 Å². The third-order valence-corrected chi connectivity index (χ3v) is 3.77. The zero-order valence-corrected chi connectivity index (χ0v) is 11.9. The average Bonchev–Trinajstić information content (AvgIpc) is 3.28. The van der Waals surface area contributed by atoms with E-state index >= 15 is 0 Å². The van der Waals surface area contributed by atoms with Crippen molar-refractivity contribution in [1.82, 2.24) is 14.6 Å². The number of hydrogen-bond donors (Lipinski definition) is 2. The van der Waals surface area contributed by atoms with Crippen LogP contribution >= 0.6 is 0 Å². The van der Waals surface area contributed by atoms with Crippen molar-refractivity contribution in [2.75, 3.05) is 11.1 Å². The highest BCUT2D eigenvalue weighted by Gasteiger charge is 2.30. The van der Waals surface area contributed by atoms with Crippen LogP contribution in [0.1, 0.15) is 12.8 Å². The van der Waals surface area contributed by atoms with Crippen molar-refractivity contribution >= 4 is 23.2 Å². The predicted octanol–water partition coefficient (Wildman–Crippen LogP) is 2.33. The number of pyridine rings is 1. The number of amides is 1. The van der Waals surface area contributed by atoms with Gasteiger partial charge in [0.25, 0.3) is 0 Å². The van der Waals surface area contributed by atoms with Crippen molar-refractivity contribution in [3.05, 3.63) is 42.6 Å². The molecule has 1 aromatic carbocycles. The second-order valence-electron chi connectivity index (χ2n) is 5.51. The molecule has 0 saturated heterocycles. The maximum atomic E-state index is 11.8. The molecule has 1 fully saturated rings. The van der Waals surface area contributed by atoms with Crippen LogP contribution in [0, 0.1) is 5.92 Å². The van der Waals surface area contributed by atoms with Crippen molar-refractivity contribution in [3.8, 4) is 11.1 Å². The van der Waals surface area contributed by atoms with Crippen LogP contribution in [0.25, 0.3) is 16.8 Å². The van der Waals surface area contributed by atoms with Gasteiger partial charge in [-0.05, 0) is 42.7 Å². The molecule has 0 spiro atoms. The molecule has 2 aromatic heterocycles. The van der Waals surface area contributed by atoms with E-state index in [9.17, 15) is 4.79 Å². The summed E-state index contributed by atoms with van der Waals surface area (Å²) in [5.74, 6) is 0.480. The number of rotatable bonds is 3. The maximum absolute atomic E-state index is 11.8. The SMILES string of the molecule is Nc1ccc(-c2cccn3nc(NC(=O)C4CC4)nc23)cc1. The summed E-state index contributed by atoms with van der Waals surface area (Å²) in [5.41, 5.74) is 9.11. The van der Waals surface area contributed by atoms with Crippen LogP contribution in [0.3, 0.4) is 0 Å². The van der Waals surface area contributed by atoms with E-state index in [2.05, 4.69) is 15.4 Å². The highest BCUT2D eigenvalue weighted by Crippen LogP contribution is 2.30.